The van der Waals surface area contributed by atoms with Crippen molar-refractivity contribution in [3.8, 4) is 0 Å². The first kappa shape index (κ1) is 15.7. The smallest absolute Gasteiger partial charge is 0.325 e. The van der Waals surface area contributed by atoms with Gasteiger partial charge < -0.3 is 9.64 Å². The molecule has 0 aliphatic heterocycles. The third kappa shape index (κ3) is 4.35. The van der Waals surface area contributed by atoms with E-state index in [9.17, 15) is 9.59 Å². The van der Waals surface area contributed by atoms with E-state index in [1.54, 1.807) is 6.07 Å². The Kier molecular flexibility index (Phi) is 6.02. The number of ether oxygens (including phenoxy) is 1. The number of esters is 1. The van der Waals surface area contributed by atoms with Crippen molar-refractivity contribution in [3.63, 3.8) is 0 Å². The molecule has 0 aliphatic rings. The number of amides is 1. The molecule has 0 saturated carbocycles. The molecule has 0 N–H and O–H groups in total. The van der Waals surface area contributed by atoms with E-state index < -0.39 is 5.97 Å². The van der Waals surface area contributed by atoms with Crippen molar-refractivity contribution in [1.82, 2.24) is 4.90 Å². The number of carbonyl (C=O) groups is 2. The molecular weight excluding hydrogens is 310 g/mol. The first-order chi connectivity index (χ1) is 8.99. The second kappa shape index (κ2) is 7.28. The van der Waals surface area contributed by atoms with Crippen LogP contribution in [0.5, 0.6) is 0 Å². The third-order valence-electron chi connectivity index (χ3n) is 2.73. The summed E-state index contributed by atoms with van der Waals surface area (Å²) in [5.41, 5.74) is 1.57. The first-order valence-electron chi connectivity index (χ1n) is 6.11. The molecule has 0 aromatic heterocycles. The molecule has 1 aromatic carbocycles. The quantitative estimate of drug-likeness (QED) is 0.781. The average molecular weight is 328 g/mol. The third-order valence-corrected chi connectivity index (χ3v) is 3.62. The summed E-state index contributed by atoms with van der Waals surface area (Å²) in [7, 11) is 1.32. The molecule has 0 fully saturated rings. The maximum Gasteiger partial charge on any atom is 0.325 e. The predicted octanol–water partition coefficient (Wildman–Crippen LogP) is 2.78. The zero-order valence-electron chi connectivity index (χ0n) is 11.4. The lowest BCUT2D eigenvalue weighted by molar-refractivity contribution is -0.141. The fraction of sp³-hybridized carbons (Fsp3) is 0.429. The Morgan fingerprint density at radius 1 is 1.37 bits per heavy atom. The van der Waals surface area contributed by atoms with Crippen molar-refractivity contribution in [1.29, 1.82) is 0 Å². The van der Waals surface area contributed by atoms with Crippen LogP contribution in [-0.4, -0.2) is 37.0 Å². The maximum atomic E-state index is 12.4. The van der Waals surface area contributed by atoms with Crippen molar-refractivity contribution in [2.24, 2.45) is 0 Å². The molecule has 19 heavy (non-hydrogen) atoms. The normalized spacial score (nSPS) is 10.1. The molecule has 0 radical (unpaired) electrons. The molecular formula is C14H18BrNO3. The number of nitrogens with zero attached hydrogens (tertiary/aromatic N) is 1. The van der Waals surface area contributed by atoms with E-state index in [1.165, 1.54) is 12.0 Å². The minimum atomic E-state index is -0.407. The van der Waals surface area contributed by atoms with Gasteiger partial charge in [0.2, 0.25) is 0 Å². The Morgan fingerprint density at radius 2 is 2.05 bits per heavy atom. The van der Waals surface area contributed by atoms with E-state index in [1.807, 2.05) is 26.0 Å². The number of halogens is 1. The lowest BCUT2D eigenvalue weighted by atomic mass is 10.1. The van der Waals surface area contributed by atoms with Crippen LogP contribution in [0.4, 0.5) is 0 Å². The highest BCUT2D eigenvalue weighted by Crippen LogP contribution is 2.18. The van der Waals surface area contributed by atoms with E-state index in [-0.39, 0.29) is 12.5 Å². The Hall–Kier alpha value is -1.36. The molecule has 4 nitrogen and oxygen atoms in total. The lowest BCUT2D eigenvalue weighted by Gasteiger charge is -2.21. The van der Waals surface area contributed by atoms with E-state index in [0.717, 1.165) is 16.5 Å². The fourth-order valence-corrected chi connectivity index (χ4v) is 1.95. The van der Waals surface area contributed by atoms with Crippen molar-refractivity contribution < 1.29 is 14.3 Å². The number of benzene rings is 1. The van der Waals surface area contributed by atoms with Gasteiger partial charge in [0.15, 0.2) is 0 Å². The molecule has 1 amide bonds. The summed E-state index contributed by atoms with van der Waals surface area (Å²) >= 11 is 3.40. The second-order valence-electron chi connectivity index (χ2n) is 4.27. The van der Waals surface area contributed by atoms with Crippen LogP contribution in [0, 0.1) is 6.92 Å². The molecule has 0 saturated heterocycles. The van der Waals surface area contributed by atoms with Gasteiger partial charge in [-0.25, -0.2) is 0 Å². The van der Waals surface area contributed by atoms with E-state index in [0.29, 0.717) is 12.1 Å². The number of methoxy groups -OCH3 is 1. The summed E-state index contributed by atoms with van der Waals surface area (Å²) < 4.78 is 5.57. The van der Waals surface area contributed by atoms with Gasteiger partial charge in [-0.15, -0.1) is 0 Å². The Morgan fingerprint density at radius 3 is 2.58 bits per heavy atom. The molecule has 1 aromatic rings. The minimum Gasteiger partial charge on any atom is -0.468 e. The van der Waals surface area contributed by atoms with E-state index in [2.05, 4.69) is 20.7 Å². The summed E-state index contributed by atoms with van der Waals surface area (Å²) in [6, 6.07) is 5.40. The molecule has 104 valence electrons. The zero-order valence-corrected chi connectivity index (χ0v) is 13.0. The van der Waals surface area contributed by atoms with Gasteiger partial charge >= 0.3 is 5.97 Å². The van der Waals surface area contributed by atoms with Crippen LogP contribution in [0.2, 0.25) is 0 Å². The second-order valence-corrected chi connectivity index (χ2v) is 5.12. The minimum absolute atomic E-state index is 0.0156. The molecule has 0 atom stereocenters. The van der Waals surface area contributed by atoms with E-state index in [4.69, 9.17) is 0 Å². The monoisotopic (exact) mass is 327 g/mol. The van der Waals surface area contributed by atoms with Gasteiger partial charge in [0, 0.05) is 16.6 Å². The van der Waals surface area contributed by atoms with Crippen LogP contribution < -0.4 is 0 Å². The van der Waals surface area contributed by atoms with Crippen molar-refractivity contribution in [2.45, 2.75) is 20.3 Å². The SMILES string of the molecule is CCCN(CC(=O)OC)C(=O)c1ccc(Br)c(C)c1. The molecule has 5 heteroatoms. The topological polar surface area (TPSA) is 46.6 Å². The highest BCUT2D eigenvalue weighted by atomic mass is 79.9. The van der Waals surface area contributed by atoms with E-state index >= 15 is 0 Å². The fourth-order valence-electron chi connectivity index (χ4n) is 1.70. The molecule has 0 heterocycles. The van der Waals surface area contributed by atoms with Crippen LogP contribution in [-0.2, 0) is 9.53 Å². The van der Waals surface area contributed by atoms with Gasteiger partial charge in [0.25, 0.3) is 5.91 Å². The van der Waals surface area contributed by atoms with Gasteiger partial charge in [0.05, 0.1) is 7.11 Å². The van der Waals surface area contributed by atoms with Gasteiger partial charge in [-0.3, -0.25) is 9.59 Å². The van der Waals surface area contributed by atoms with Crippen LogP contribution >= 0.6 is 15.9 Å². The number of aryl methyl sites for hydroxylation is 1. The predicted molar refractivity (Wildman–Crippen MR) is 77.1 cm³/mol. The standard InChI is InChI=1S/C14H18BrNO3/c1-4-7-16(9-13(17)19-3)14(18)11-5-6-12(15)10(2)8-11/h5-6,8H,4,7,9H2,1-3H3. The summed E-state index contributed by atoms with van der Waals surface area (Å²) in [4.78, 5) is 25.2. The molecule has 1 rings (SSSR count). The highest BCUT2D eigenvalue weighted by Gasteiger charge is 2.18. The Balaban J connectivity index is 2.91. The lowest BCUT2D eigenvalue weighted by Crippen LogP contribution is -2.36. The molecule has 0 aliphatic carbocycles. The average Bonchev–Trinajstić information content (AvgIpc) is 2.40. The molecule has 0 bridgehead atoms. The zero-order chi connectivity index (χ0) is 14.4. The number of hydrogen-bond donors (Lipinski definition) is 0. The van der Waals surface area contributed by atoms with Crippen molar-refractivity contribution >= 4 is 27.8 Å². The number of carbonyl (C=O) groups excluding carboxylic acids is 2. The van der Waals surface area contributed by atoms with Gasteiger partial charge in [-0.2, -0.15) is 0 Å². The van der Waals surface area contributed by atoms with Crippen molar-refractivity contribution in [2.75, 3.05) is 20.2 Å². The van der Waals surface area contributed by atoms with Gasteiger partial charge in [0.1, 0.15) is 6.54 Å². The summed E-state index contributed by atoms with van der Waals surface area (Å²) in [6.07, 6.45) is 0.790. The number of rotatable bonds is 5. The van der Waals surface area contributed by atoms with Crippen LogP contribution in [0.25, 0.3) is 0 Å². The summed E-state index contributed by atoms with van der Waals surface area (Å²) in [5, 5.41) is 0. The molecule has 0 unspecified atom stereocenters. The largest absolute Gasteiger partial charge is 0.468 e. The van der Waals surface area contributed by atoms with Crippen molar-refractivity contribution in [3.05, 3.63) is 33.8 Å². The first-order valence-corrected chi connectivity index (χ1v) is 6.91. The summed E-state index contributed by atoms with van der Waals surface area (Å²) in [6.45, 7) is 4.40. The van der Waals surface area contributed by atoms with Crippen LogP contribution in [0.3, 0.4) is 0 Å². The highest BCUT2D eigenvalue weighted by molar-refractivity contribution is 9.10. The Bertz CT molecular complexity index is 474. The van der Waals surface area contributed by atoms with Gasteiger partial charge in [-0.1, -0.05) is 22.9 Å². The Labute approximate surface area is 121 Å². The van der Waals surface area contributed by atoms with Crippen LogP contribution in [0.15, 0.2) is 22.7 Å². The maximum absolute atomic E-state index is 12.4. The summed E-state index contributed by atoms with van der Waals surface area (Å²) in [5.74, 6) is -0.557. The number of hydrogen-bond acceptors (Lipinski definition) is 3. The van der Waals surface area contributed by atoms with Gasteiger partial charge in [-0.05, 0) is 37.1 Å². The van der Waals surface area contributed by atoms with Crippen LogP contribution in [0.1, 0.15) is 29.3 Å². The molecule has 0 spiro atoms.